The quantitative estimate of drug-likeness (QED) is 0.610. The second-order valence-electron chi connectivity index (χ2n) is 8.62. The predicted octanol–water partition coefficient (Wildman–Crippen LogP) is 1.54. The van der Waals surface area contributed by atoms with Crippen molar-refractivity contribution in [2.45, 2.75) is 44.9 Å². The van der Waals surface area contributed by atoms with Gasteiger partial charge in [-0.1, -0.05) is 18.6 Å². The number of hydrogen-bond acceptors (Lipinski definition) is 7. The molecule has 0 spiro atoms. The van der Waals surface area contributed by atoms with Crippen LogP contribution in [0.25, 0.3) is 11.0 Å². The lowest BCUT2D eigenvalue weighted by atomic mass is 10.0. The summed E-state index contributed by atoms with van der Waals surface area (Å²) in [4.78, 5) is 36.3. The van der Waals surface area contributed by atoms with Crippen molar-refractivity contribution in [3.05, 3.63) is 63.8 Å². The first kappa shape index (κ1) is 21.7. The fourth-order valence-corrected chi connectivity index (χ4v) is 4.59. The molecule has 9 heteroatoms. The Morgan fingerprint density at radius 2 is 2.06 bits per heavy atom. The highest BCUT2D eigenvalue weighted by molar-refractivity contribution is 5.93. The minimum atomic E-state index is -0.214. The first-order chi connectivity index (χ1) is 16.2. The molecule has 1 atom stereocenters. The summed E-state index contributed by atoms with van der Waals surface area (Å²) < 4.78 is 6.99. The zero-order valence-electron chi connectivity index (χ0n) is 18.6. The number of para-hydroxylation sites is 2. The molecule has 0 aliphatic carbocycles. The van der Waals surface area contributed by atoms with Gasteiger partial charge in [-0.05, 0) is 31.5 Å². The van der Waals surface area contributed by atoms with E-state index in [1.165, 1.54) is 6.20 Å². The topological polar surface area (TPSA) is 102 Å². The molecule has 1 fully saturated rings. The van der Waals surface area contributed by atoms with E-state index in [0.717, 1.165) is 55.5 Å². The number of benzene rings is 1. The molecule has 9 nitrogen and oxygen atoms in total. The third kappa shape index (κ3) is 4.94. The average molecular weight is 449 g/mol. The molecule has 0 saturated carbocycles. The molecule has 0 bridgehead atoms. The summed E-state index contributed by atoms with van der Waals surface area (Å²) in [6.45, 7) is 3.86. The summed E-state index contributed by atoms with van der Waals surface area (Å²) >= 11 is 0. The van der Waals surface area contributed by atoms with Crippen LogP contribution in [0.5, 0.6) is 0 Å². The highest BCUT2D eigenvalue weighted by Gasteiger charge is 2.24. The molecule has 1 amide bonds. The van der Waals surface area contributed by atoms with Gasteiger partial charge in [-0.25, -0.2) is 9.67 Å². The monoisotopic (exact) mass is 448 g/mol. The van der Waals surface area contributed by atoms with Crippen molar-refractivity contribution in [2.75, 3.05) is 26.2 Å². The molecule has 5 rings (SSSR count). The largest absolute Gasteiger partial charge is 0.376 e. The number of nitrogens with one attached hydrogen (secondary N) is 1. The highest BCUT2D eigenvalue weighted by Crippen LogP contribution is 2.17. The van der Waals surface area contributed by atoms with Gasteiger partial charge in [0.05, 0.1) is 42.7 Å². The van der Waals surface area contributed by atoms with Gasteiger partial charge in [-0.3, -0.25) is 19.5 Å². The molecule has 3 aromatic rings. The van der Waals surface area contributed by atoms with E-state index >= 15 is 0 Å². The summed E-state index contributed by atoms with van der Waals surface area (Å²) in [7, 11) is 0. The van der Waals surface area contributed by atoms with Gasteiger partial charge in [0, 0.05) is 37.2 Å². The number of carbonyl (C=O) groups excluding carboxylic acids is 1. The average Bonchev–Trinajstić information content (AvgIpc) is 2.86. The maximum Gasteiger partial charge on any atom is 0.271 e. The molecule has 0 radical (unpaired) electrons. The van der Waals surface area contributed by atoms with Crippen molar-refractivity contribution in [1.29, 1.82) is 0 Å². The second-order valence-corrected chi connectivity index (χ2v) is 8.62. The van der Waals surface area contributed by atoms with Gasteiger partial charge < -0.3 is 10.1 Å². The Hall–Kier alpha value is -3.17. The molecule has 1 saturated heterocycles. The zero-order valence-corrected chi connectivity index (χ0v) is 18.6. The number of amides is 1. The third-order valence-corrected chi connectivity index (χ3v) is 6.43. The summed E-state index contributed by atoms with van der Waals surface area (Å²) in [6.07, 6.45) is 5.52. The fourth-order valence-electron chi connectivity index (χ4n) is 4.59. The number of ether oxygens (including phenoxy) is 1. The normalized spacial score (nSPS) is 18.7. The van der Waals surface area contributed by atoms with Crippen LogP contribution in [0, 0.1) is 0 Å². The van der Waals surface area contributed by atoms with Crippen molar-refractivity contribution >= 4 is 16.9 Å². The van der Waals surface area contributed by atoms with Crippen molar-refractivity contribution in [3.63, 3.8) is 0 Å². The van der Waals surface area contributed by atoms with Gasteiger partial charge in [0.2, 0.25) is 0 Å². The van der Waals surface area contributed by atoms with E-state index < -0.39 is 0 Å². The van der Waals surface area contributed by atoms with Crippen LogP contribution in [0.3, 0.4) is 0 Å². The van der Waals surface area contributed by atoms with Gasteiger partial charge in [0.25, 0.3) is 11.5 Å². The van der Waals surface area contributed by atoms with Crippen LogP contribution in [-0.4, -0.2) is 62.8 Å². The van der Waals surface area contributed by atoms with Crippen LogP contribution in [-0.2, 0) is 24.3 Å². The summed E-state index contributed by atoms with van der Waals surface area (Å²) in [6, 6.07) is 9.38. The van der Waals surface area contributed by atoms with Crippen molar-refractivity contribution in [1.82, 2.24) is 30.0 Å². The Morgan fingerprint density at radius 3 is 2.97 bits per heavy atom. The SMILES string of the molecule is O=C(NCC1CCCCN1CCn1nc2c(cc1=O)COCC2)c1cnc2ccccc2n1. The smallest absolute Gasteiger partial charge is 0.271 e. The maximum atomic E-state index is 12.7. The van der Waals surface area contributed by atoms with E-state index in [1.807, 2.05) is 24.3 Å². The zero-order chi connectivity index (χ0) is 22.6. The van der Waals surface area contributed by atoms with Crippen LogP contribution < -0.4 is 10.9 Å². The molecule has 2 aromatic heterocycles. The van der Waals surface area contributed by atoms with Gasteiger partial charge in [0.1, 0.15) is 5.69 Å². The van der Waals surface area contributed by atoms with E-state index in [0.29, 0.717) is 37.5 Å². The van der Waals surface area contributed by atoms with Crippen molar-refractivity contribution in [3.8, 4) is 0 Å². The van der Waals surface area contributed by atoms with Gasteiger partial charge in [0.15, 0.2) is 0 Å². The summed E-state index contributed by atoms with van der Waals surface area (Å²) in [5.74, 6) is -0.214. The Bertz CT molecular complexity index is 1210. The number of rotatable bonds is 6. The molecule has 1 N–H and O–H groups in total. The van der Waals surface area contributed by atoms with E-state index in [9.17, 15) is 9.59 Å². The van der Waals surface area contributed by atoms with Crippen LogP contribution in [0.15, 0.2) is 41.3 Å². The molecular weight excluding hydrogens is 420 g/mol. The van der Waals surface area contributed by atoms with Crippen LogP contribution >= 0.6 is 0 Å². The summed E-state index contributed by atoms with van der Waals surface area (Å²) in [5, 5.41) is 7.61. The maximum absolute atomic E-state index is 12.7. The molecule has 172 valence electrons. The third-order valence-electron chi connectivity index (χ3n) is 6.43. The number of carbonyl (C=O) groups is 1. The van der Waals surface area contributed by atoms with Gasteiger partial charge in [-0.15, -0.1) is 0 Å². The van der Waals surface area contributed by atoms with Crippen molar-refractivity contribution in [2.24, 2.45) is 0 Å². The number of fused-ring (bicyclic) bond motifs is 2. The second kappa shape index (κ2) is 9.76. The lowest BCUT2D eigenvalue weighted by Crippen LogP contribution is -2.48. The number of piperidine rings is 1. The van der Waals surface area contributed by atoms with Crippen LogP contribution in [0.1, 0.15) is 41.0 Å². The molecule has 4 heterocycles. The van der Waals surface area contributed by atoms with E-state index in [1.54, 1.807) is 10.7 Å². The molecule has 2 aliphatic rings. The Morgan fingerprint density at radius 1 is 1.18 bits per heavy atom. The van der Waals surface area contributed by atoms with Crippen LogP contribution in [0.4, 0.5) is 0 Å². The van der Waals surface area contributed by atoms with E-state index in [-0.39, 0.29) is 17.5 Å². The number of aromatic nitrogens is 4. The minimum Gasteiger partial charge on any atom is -0.376 e. The standard InChI is InChI=1S/C24H28N6O3/c31-23-13-17-16-33-12-8-19(17)28-30(23)11-10-29-9-4-3-5-18(29)14-26-24(32)22-15-25-20-6-1-2-7-21(20)27-22/h1-2,6-7,13,15,18H,3-5,8-12,14,16H2,(H,26,32). The van der Waals surface area contributed by atoms with E-state index in [4.69, 9.17) is 4.74 Å². The Labute approximate surface area is 191 Å². The lowest BCUT2D eigenvalue weighted by Gasteiger charge is -2.35. The number of hydrogen-bond donors (Lipinski definition) is 1. The fraction of sp³-hybridized carbons (Fsp3) is 0.458. The molecule has 1 unspecified atom stereocenters. The van der Waals surface area contributed by atoms with E-state index in [2.05, 4.69) is 25.3 Å². The van der Waals surface area contributed by atoms with Gasteiger partial charge in [-0.2, -0.15) is 5.10 Å². The Balaban J connectivity index is 1.21. The highest BCUT2D eigenvalue weighted by atomic mass is 16.5. The van der Waals surface area contributed by atoms with Crippen LogP contribution in [0.2, 0.25) is 0 Å². The molecular formula is C24H28N6O3. The number of nitrogens with zero attached hydrogens (tertiary/aromatic N) is 5. The van der Waals surface area contributed by atoms with Gasteiger partial charge >= 0.3 is 0 Å². The Kier molecular flexibility index (Phi) is 6.41. The first-order valence-corrected chi connectivity index (χ1v) is 11.6. The molecule has 33 heavy (non-hydrogen) atoms. The number of likely N-dealkylation sites (tertiary alicyclic amines) is 1. The molecule has 1 aromatic carbocycles. The lowest BCUT2D eigenvalue weighted by molar-refractivity contribution is 0.0903. The minimum absolute atomic E-state index is 0.0870. The predicted molar refractivity (Wildman–Crippen MR) is 123 cm³/mol. The summed E-state index contributed by atoms with van der Waals surface area (Å²) in [5.41, 5.74) is 3.57. The molecule has 2 aliphatic heterocycles. The van der Waals surface area contributed by atoms with Crippen molar-refractivity contribution < 1.29 is 9.53 Å². The first-order valence-electron chi connectivity index (χ1n) is 11.6.